The Bertz CT molecular complexity index is 1070. The predicted octanol–water partition coefficient (Wildman–Crippen LogP) is 5.31. The van der Waals surface area contributed by atoms with Gasteiger partial charge in [-0.2, -0.15) is 0 Å². The lowest BCUT2D eigenvalue weighted by atomic mass is 10.0. The fraction of sp³-hybridized carbons (Fsp3) is 0.310. The number of amides is 2. The third kappa shape index (κ3) is 7.77. The molecule has 0 aliphatic heterocycles. The van der Waals surface area contributed by atoms with Gasteiger partial charge in [0.15, 0.2) is 0 Å². The van der Waals surface area contributed by atoms with Crippen LogP contribution < -0.4 is 5.32 Å². The molecule has 3 aromatic carbocycles. The maximum absolute atomic E-state index is 13.5. The minimum absolute atomic E-state index is 0.0228. The first-order chi connectivity index (χ1) is 16.5. The molecule has 178 valence electrons. The van der Waals surface area contributed by atoms with Crippen LogP contribution in [0.3, 0.4) is 0 Å². The van der Waals surface area contributed by atoms with Crippen molar-refractivity contribution in [2.45, 2.75) is 45.5 Å². The Kier molecular flexibility index (Phi) is 9.77. The summed E-state index contributed by atoms with van der Waals surface area (Å²) < 4.78 is 0. The van der Waals surface area contributed by atoms with Crippen molar-refractivity contribution in [3.05, 3.63) is 107 Å². The summed E-state index contributed by atoms with van der Waals surface area (Å²) in [5.41, 5.74) is 5.63. The fourth-order valence-corrected chi connectivity index (χ4v) is 4.73. The van der Waals surface area contributed by atoms with Gasteiger partial charge in [0, 0.05) is 25.3 Å². The maximum atomic E-state index is 13.5. The van der Waals surface area contributed by atoms with E-state index in [1.165, 1.54) is 16.7 Å². The van der Waals surface area contributed by atoms with Crippen molar-refractivity contribution in [2.75, 3.05) is 12.3 Å². The number of likely N-dealkylation sites (N-methyl/N-ethyl adjacent to an activating group) is 1. The molecule has 0 saturated carbocycles. The molecule has 34 heavy (non-hydrogen) atoms. The molecule has 0 radical (unpaired) electrons. The summed E-state index contributed by atoms with van der Waals surface area (Å²) in [6, 6.07) is 25.8. The van der Waals surface area contributed by atoms with E-state index in [0.717, 1.165) is 16.9 Å². The van der Waals surface area contributed by atoms with Crippen LogP contribution in [0.15, 0.2) is 78.9 Å². The van der Waals surface area contributed by atoms with E-state index < -0.39 is 6.04 Å². The molecule has 1 atom stereocenters. The van der Waals surface area contributed by atoms with Crippen molar-refractivity contribution < 1.29 is 9.59 Å². The number of rotatable bonds is 11. The molecule has 3 aromatic rings. The third-order valence-corrected chi connectivity index (χ3v) is 6.66. The third-order valence-electron chi connectivity index (χ3n) is 5.67. The molecule has 0 unspecified atom stereocenters. The van der Waals surface area contributed by atoms with E-state index in [1.807, 2.05) is 74.5 Å². The van der Waals surface area contributed by atoms with Gasteiger partial charge in [-0.3, -0.25) is 9.59 Å². The molecule has 5 heteroatoms. The van der Waals surface area contributed by atoms with E-state index >= 15 is 0 Å². The van der Waals surface area contributed by atoms with Crippen molar-refractivity contribution >= 4 is 23.6 Å². The number of aryl methyl sites for hydroxylation is 2. The highest BCUT2D eigenvalue weighted by Gasteiger charge is 2.30. The minimum Gasteiger partial charge on any atom is -0.355 e. The lowest BCUT2D eigenvalue weighted by Gasteiger charge is -2.31. The van der Waals surface area contributed by atoms with Crippen LogP contribution >= 0.6 is 11.8 Å². The van der Waals surface area contributed by atoms with Gasteiger partial charge in [0.1, 0.15) is 6.04 Å². The maximum Gasteiger partial charge on any atom is 0.243 e. The number of carbonyl (C=O) groups is 2. The lowest BCUT2D eigenvalue weighted by molar-refractivity contribution is -0.139. The monoisotopic (exact) mass is 474 g/mol. The average molecular weight is 475 g/mol. The number of nitrogens with one attached hydrogen (secondary N) is 1. The first-order valence-corrected chi connectivity index (χ1v) is 12.9. The fourth-order valence-electron chi connectivity index (χ4n) is 3.88. The zero-order valence-electron chi connectivity index (χ0n) is 20.3. The van der Waals surface area contributed by atoms with Crippen LogP contribution in [0.2, 0.25) is 0 Å². The number of carbonyl (C=O) groups excluding carboxylic acids is 2. The van der Waals surface area contributed by atoms with Crippen LogP contribution in [0.5, 0.6) is 0 Å². The number of thioether (sulfide) groups is 1. The summed E-state index contributed by atoms with van der Waals surface area (Å²) in [5.74, 6) is 0.946. The average Bonchev–Trinajstić information content (AvgIpc) is 2.83. The number of nitrogens with zero attached hydrogens (tertiary/aromatic N) is 1. The van der Waals surface area contributed by atoms with Crippen molar-refractivity contribution in [1.29, 1.82) is 0 Å². The largest absolute Gasteiger partial charge is 0.355 e. The van der Waals surface area contributed by atoms with Gasteiger partial charge in [-0.25, -0.2) is 0 Å². The van der Waals surface area contributed by atoms with Gasteiger partial charge in [-0.05, 0) is 37.5 Å². The van der Waals surface area contributed by atoms with Crippen LogP contribution in [0, 0.1) is 13.8 Å². The van der Waals surface area contributed by atoms with Gasteiger partial charge in [0.2, 0.25) is 11.8 Å². The zero-order valence-corrected chi connectivity index (χ0v) is 21.1. The van der Waals surface area contributed by atoms with Gasteiger partial charge in [-0.1, -0.05) is 90.0 Å². The summed E-state index contributed by atoms with van der Waals surface area (Å²) in [6.45, 7) is 6.95. The molecule has 2 amide bonds. The smallest absolute Gasteiger partial charge is 0.243 e. The van der Waals surface area contributed by atoms with E-state index in [-0.39, 0.29) is 11.8 Å². The highest BCUT2D eigenvalue weighted by molar-refractivity contribution is 7.99. The second-order valence-corrected chi connectivity index (χ2v) is 9.57. The first-order valence-electron chi connectivity index (χ1n) is 11.8. The topological polar surface area (TPSA) is 49.4 Å². The van der Waals surface area contributed by atoms with Crippen molar-refractivity contribution in [2.24, 2.45) is 0 Å². The van der Waals surface area contributed by atoms with Gasteiger partial charge >= 0.3 is 0 Å². The Labute approximate surface area is 207 Å². The molecule has 0 saturated heterocycles. The lowest BCUT2D eigenvalue weighted by Crippen LogP contribution is -2.51. The quantitative estimate of drug-likeness (QED) is 0.410. The van der Waals surface area contributed by atoms with Crippen LogP contribution in [-0.2, 0) is 28.3 Å². The molecule has 0 spiro atoms. The van der Waals surface area contributed by atoms with E-state index in [1.54, 1.807) is 16.7 Å². The number of hydrogen-bond donors (Lipinski definition) is 1. The van der Waals surface area contributed by atoms with Gasteiger partial charge < -0.3 is 10.2 Å². The van der Waals surface area contributed by atoms with Gasteiger partial charge in [0.25, 0.3) is 0 Å². The molecule has 3 rings (SSSR count). The first kappa shape index (κ1) is 25.6. The van der Waals surface area contributed by atoms with E-state index in [9.17, 15) is 9.59 Å². The highest BCUT2D eigenvalue weighted by atomic mass is 32.2. The standard InChI is InChI=1S/C29H34N2O2S/c1-4-30-29(33)27(18-24-10-6-5-7-11-24)31(19-25-15-13-22(2)14-16-25)28(32)21-34-20-26-12-8-9-23(3)17-26/h5-17,27H,4,18-21H2,1-3H3,(H,30,33)/t27-/m0/s1. The van der Waals surface area contributed by atoms with E-state index in [4.69, 9.17) is 0 Å². The van der Waals surface area contributed by atoms with E-state index in [0.29, 0.717) is 25.3 Å². The molecule has 0 aromatic heterocycles. The van der Waals surface area contributed by atoms with Crippen molar-refractivity contribution in [3.63, 3.8) is 0 Å². The highest BCUT2D eigenvalue weighted by Crippen LogP contribution is 2.19. The van der Waals surface area contributed by atoms with Gasteiger partial charge in [0.05, 0.1) is 5.75 Å². The van der Waals surface area contributed by atoms with Crippen LogP contribution in [0.25, 0.3) is 0 Å². The van der Waals surface area contributed by atoms with Crippen molar-refractivity contribution in [1.82, 2.24) is 10.2 Å². The molecule has 4 nitrogen and oxygen atoms in total. The Balaban J connectivity index is 1.81. The number of benzene rings is 3. The molecular formula is C29H34N2O2S. The second kappa shape index (κ2) is 13.0. The Hall–Kier alpha value is -3.05. The molecule has 1 N–H and O–H groups in total. The molecule has 0 bridgehead atoms. The van der Waals surface area contributed by atoms with E-state index in [2.05, 4.69) is 30.4 Å². The second-order valence-electron chi connectivity index (χ2n) is 8.59. The Morgan fingerprint density at radius 3 is 2.24 bits per heavy atom. The Morgan fingerprint density at radius 1 is 0.853 bits per heavy atom. The summed E-state index contributed by atoms with van der Waals surface area (Å²) in [4.78, 5) is 28.5. The summed E-state index contributed by atoms with van der Waals surface area (Å²) in [7, 11) is 0. The van der Waals surface area contributed by atoms with Crippen LogP contribution in [0.1, 0.15) is 34.7 Å². The molecule has 0 aliphatic carbocycles. The molecule has 0 heterocycles. The predicted molar refractivity (Wildman–Crippen MR) is 142 cm³/mol. The molecule has 0 aliphatic rings. The van der Waals surface area contributed by atoms with Crippen LogP contribution in [0.4, 0.5) is 0 Å². The molecular weight excluding hydrogens is 440 g/mol. The minimum atomic E-state index is -0.573. The van der Waals surface area contributed by atoms with Crippen LogP contribution in [-0.4, -0.2) is 35.1 Å². The Morgan fingerprint density at radius 2 is 1.56 bits per heavy atom. The SMILES string of the molecule is CCNC(=O)[C@H](Cc1ccccc1)N(Cc1ccc(C)cc1)C(=O)CSCc1cccc(C)c1. The summed E-state index contributed by atoms with van der Waals surface area (Å²) in [6.07, 6.45) is 0.479. The normalized spacial score (nSPS) is 11.6. The number of hydrogen-bond acceptors (Lipinski definition) is 3. The summed E-state index contributed by atoms with van der Waals surface area (Å²) >= 11 is 1.59. The molecule has 0 fully saturated rings. The van der Waals surface area contributed by atoms with Gasteiger partial charge in [-0.15, -0.1) is 11.8 Å². The van der Waals surface area contributed by atoms with Crippen molar-refractivity contribution in [3.8, 4) is 0 Å². The summed E-state index contributed by atoms with van der Waals surface area (Å²) in [5, 5.41) is 2.94. The zero-order chi connectivity index (χ0) is 24.3.